The van der Waals surface area contributed by atoms with Crippen LogP contribution < -0.4 is 14.5 Å². The van der Waals surface area contributed by atoms with E-state index in [0.717, 1.165) is 35.5 Å². The van der Waals surface area contributed by atoms with E-state index in [1.54, 1.807) is 14.2 Å². The zero-order valence-electron chi connectivity index (χ0n) is 21.4. The molecule has 0 aliphatic carbocycles. The molecule has 1 aliphatic rings. The minimum atomic E-state index is 0.168. The van der Waals surface area contributed by atoms with Crippen molar-refractivity contribution in [3.63, 3.8) is 0 Å². The van der Waals surface area contributed by atoms with Crippen molar-refractivity contribution in [3.8, 4) is 5.75 Å². The number of anilines is 2. The zero-order chi connectivity index (χ0) is 25.3. The van der Waals surface area contributed by atoms with Crippen LogP contribution in [-0.4, -0.2) is 80.3 Å². The van der Waals surface area contributed by atoms with E-state index in [9.17, 15) is 4.79 Å². The van der Waals surface area contributed by atoms with E-state index < -0.39 is 0 Å². The molecule has 3 aromatic rings. The molecule has 2 aromatic carbocycles. The Labute approximate surface area is 217 Å². The van der Waals surface area contributed by atoms with Gasteiger partial charge in [-0.05, 0) is 24.6 Å². The molecule has 0 spiro atoms. The Kier molecular flexibility index (Phi) is 9.13. The molecule has 0 N–H and O–H groups in total. The van der Waals surface area contributed by atoms with Crippen LogP contribution in [0.1, 0.15) is 23.4 Å². The molecular weight excluding hydrogens is 474 g/mol. The molecule has 1 amide bonds. The molecule has 1 fully saturated rings. The van der Waals surface area contributed by atoms with Crippen molar-refractivity contribution < 1.29 is 14.3 Å². The minimum absolute atomic E-state index is 0.168. The van der Waals surface area contributed by atoms with Crippen LogP contribution >= 0.6 is 11.5 Å². The normalized spacial score (nSPS) is 13.6. The molecule has 192 valence electrons. The molecule has 0 saturated carbocycles. The number of piperazine rings is 1. The van der Waals surface area contributed by atoms with E-state index in [4.69, 9.17) is 14.5 Å². The SMILES string of the molecule is COCCN(CCC(=O)N1CCN(c2ccccc2OC)CC1)c1nc(Cc2ccc(C)cc2)ns1. The van der Waals surface area contributed by atoms with Crippen LogP contribution in [0.4, 0.5) is 10.8 Å². The summed E-state index contributed by atoms with van der Waals surface area (Å²) in [6.07, 6.45) is 1.13. The number of benzene rings is 2. The van der Waals surface area contributed by atoms with E-state index in [1.165, 1.54) is 22.7 Å². The van der Waals surface area contributed by atoms with Crippen LogP contribution in [0.2, 0.25) is 0 Å². The summed E-state index contributed by atoms with van der Waals surface area (Å²) in [5, 5.41) is 0.836. The standard InChI is InChI=1S/C27H35N5O3S/c1-21-8-10-22(11-9-21)20-25-28-27(36-29-25)32(18-19-34-2)13-12-26(33)31-16-14-30(15-17-31)23-6-4-5-7-24(23)35-3/h4-11H,12-20H2,1-3H3. The van der Waals surface area contributed by atoms with Crippen LogP contribution in [0, 0.1) is 6.92 Å². The third-order valence-electron chi connectivity index (χ3n) is 6.43. The van der Waals surface area contributed by atoms with Crippen molar-refractivity contribution in [2.24, 2.45) is 0 Å². The Morgan fingerprint density at radius 1 is 1.03 bits per heavy atom. The average molecular weight is 510 g/mol. The maximum atomic E-state index is 13.0. The predicted molar refractivity (Wildman–Crippen MR) is 144 cm³/mol. The number of rotatable bonds is 11. The molecular formula is C27H35N5O3S. The fraction of sp³-hybridized carbons (Fsp3) is 0.444. The first-order valence-corrected chi connectivity index (χ1v) is 13.1. The van der Waals surface area contributed by atoms with Gasteiger partial charge >= 0.3 is 0 Å². The van der Waals surface area contributed by atoms with Gasteiger partial charge in [-0.15, -0.1) is 0 Å². The molecule has 1 aromatic heterocycles. The van der Waals surface area contributed by atoms with E-state index in [2.05, 4.69) is 51.4 Å². The highest BCUT2D eigenvalue weighted by Gasteiger charge is 2.23. The summed E-state index contributed by atoms with van der Waals surface area (Å²) in [4.78, 5) is 24.2. The van der Waals surface area contributed by atoms with Crippen molar-refractivity contribution in [1.82, 2.24) is 14.3 Å². The largest absolute Gasteiger partial charge is 0.495 e. The number of methoxy groups -OCH3 is 2. The van der Waals surface area contributed by atoms with E-state index in [-0.39, 0.29) is 5.91 Å². The fourth-order valence-electron chi connectivity index (χ4n) is 4.31. The number of hydrogen-bond donors (Lipinski definition) is 0. The summed E-state index contributed by atoms with van der Waals surface area (Å²) in [5.41, 5.74) is 3.51. The van der Waals surface area contributed by atoms with Gasteiger partial charge in [-0.1, -0.05) is 42.0 Å². The van der Waals surface area contributed by atoms with Crippen LogP contribution in [0.5, 0.6) is 5.75 Å². The van der Waals surface area contributed by atoms with Gasteiger partial charge in [0.1, 0.15) is 11.6 Å². The first-order chi connectivity index (χ1) is 17.6. The van der Waals surface area contributed by atoms with E-state index in [1.807, 2.05) is 23.1 Å². The smallest absolute Gasteiger partial charge is 0.224 e. The Balaban J connectivity index is 1.31. The number of hydrogen-bond acceptors (Lipinski definition) is 8. The second-order valence-electron chi connectivity index (χ2n) is 8.93. The Morgan fingerprint density at radius 2 is 1.78 bits per heavy atom. The molecule has 0 radical (unpaired) electrons. The summed E-state index contributed by atoms with van der Waals surface area (Å²) >= 11 is 1.38. The highest BCUT2D eigenvalue weighted by atomic mass is 32.1. The lowest BCUT2D eigenvalue weighted by Gasteiger charge is -2.37. The number of carbonyl (C=O) groups is 1. The second-order valence-corrected chi connectivity index (χ2v) is 9.66. The molecule has 9 heteroatoms. The van der Waals surface area contributed by atoms with E-state index >= 15 is 0 Å². The van der Waals surface area contributed by atoms with Gasteiger partial charge in [-0.3, -0.25) is 4.79 Å². The maximum absolute atomic E-state index is 13.0. The Hall–Kier alpha value is -3.17. The highest BCUT2D eigenvalue weighted by Crippen LogP contribution is 2.28. The first-order valence-electron chi connectivity index (χ1n) is 12.3. The Morgan fingerprint density at radius 3 is 2.50 bits per heavy atom. The molecule has 0 atom stereocenters. The van der Waals surface area contributed by atoms with E-state index in [0.29, 0.717) is 45.6 Å². The molecule has 4 rings (SSSR count). The molecule has 1 aliphatic heterocycles. The van der Waals surface area contributed by atoms with Gasteiger partial charge in [-0.2, -0.15) is 4.37 Å². The lowest BCUT2D eigenvalue weighted by Crippen LogP contribution is -2.49. The molecule has 8 nitrogen and oxygen atoms in total. The molecule has 0 unspecified atom stereocenters. The van der Waals surface area contributed by atoms with Gasteiger partial charge in [0.05, 0.1) is 19.4 Å². The topological polar surface area (TPSA) is 71.0 Å². The summed E-state index contributed by atoms with van der Waals surface area (Å²) in [6, 6.07) is 16.5. The number of ether oxygens (including phenoxy) is 2. The third kappa shape index (κ3) is 6.73. The number of aryl methyl sites for hydroxylation is 1. The first kappa shape index (κ1) is 25.9. The third-order valence-corrected chi connectivity index (χ3v) is 7.24. The summed E-state index contributed by atoms with van der Waals surface area (Å²) < 4.78 is 15.4. The van der Waals surface area contributed by atoms with Crippen molar-refractivity contribution in [3.05, 3.63) is 65.5 Å². The number of aromatic nitrogens is 2. The van der Waals surface area contributed by atoms with Crippen LogP contribution in [-0.2, 0) is 16.0 Å². The van der Waals surface area contributed by atoms with Crippen LogP contribution in [0.3, 0.4) is 0 Å². The van der Waals surface area contributed by atoms with Gasteiger partial charge in [0.2, 0.25) is 11.0 Å². The van der Waals surface area contributed by atoms with Gasteiger partial charge in [0.25, 0.3) is 0 Å². The summed E-state index contributed by atoms with van der Waals surface area (Å²) in [7, 11) is 3.38. The van der Waals surface area contributed by atoms with Gasteiger partial charge in [-0.25, -0.2) is 4.98 Å². The molecule has 1 saturated heterocycles. The summed E-state index contributed by atoms with van der Waals surface area (Å²) in [6.45, 7) is 6.90. The number of nitrogens with zero attached hydrogens (tertiary/aromatic N) is 5. The minimum Gasteiger partial charge on any atom is -0.495 e. The van der Waals surface area contributed by atoms with Crippen molar-refractivity contribution in [2.75, 3.05) is 69.9 Å². The number of amides is 1. The molecule has 2 heterocycles. The predicted octanol–water partition coefficient (Wildman–Crippen LogP) is 3.64. The van der Waals surface area contributed by atoms with Crippen molar-refractivity contribution >= 4 is 28.3 Å². The van der Waals surface area contributed by atoms with Gasteiger partial charge in [0.15, 0.2) is 0 Å². The number of carbonyl (C=O) groups excluding carboxylic acids is 1. The zero-order valence-corrected chi connectivity index (χ0v) is 22.2. The van der Waals surface area contributed by atoms with Crippen LogP contribution in [0.25, 0.3) is 0 Å². The van der Waals surface area contributed by atoms with Gasteiger partial charge in [0, 0.05) is 70.8 Å². The van der Waals surface area contributed by atoms with Crippen LogP contribution in [0.15, 0.2) is 48.5 Å². The maximum Gasteiger partial charge on any atom is 0.224 e. The van der Waals surface area contributed by atoms with Crippen molar-refractivity contribution in [1.29, 1.82) is 0 Å². The fourth-order valence-corrected chi connectivity index (χ4v) is 5.05. The van der Waals surface area contributed by atoms with Gasteiger partial charge < -0.3 is 24.2 Å². The molecule has 36 heavy (non-hydrogen) atoms. The number of para-hydroxylation sites is 2. The van der Waals surface area contributed by atoms with Crippen molar-refractivity contribution in [2.45, 2.75) is 19.8 Å². The Bertz CT molecular complexity index is 1110. The second kappa shape index (κ2) is 12.7. The lowest BCUT2D eigenvalue weighted by atomic mass is 10.1. The highest BCUT2D eigenvalue weighted by molar-refractivity contribution is 7.09. The lowest BCUT2D eigenvalue weighted by molar-refractivity contribution is -0.131. The average Bonchev–Trinajstić information content (AvgIpc) is 3.38. The monoisotopic (exact) mass is 509 g/mol. The quantitative estimate of drug-likeness (QED) is 0.391. The molecule has 0 bridgehead atoms. The summed E-state index contributed by atoms with van der Waals surface area (Å²) in [5.74, 6) is 1.84.